The fraction of sp³-hybridized carbons (Fsp3) is 1.00. The SMILES string of the molecule is CC(CCOCCCCOC(C)O)CC(C)(C)C. The summed E-state index contributed by atoms with van der Waals surface area (Å²) in [6.45, 7) is 13.0. The van der Waals surface area contributed by atoms with Gasteiger partial charge in [0.15, 0.2) is 6.29 Å². The lowest BCUT2D eigenvalue weighted by Gasteiger charge is -2.23. The Morgan fingerprint density at radius 1 is 1.00 bits per heavy atom. The van der Waals surface area contributed by atoms with Crippen LogP contribution < -0.4 is 0 Å². The minimum atomic E-state index is -0.649. The molecule has 110 valence electrons. The zero-order chi connectivity index (χ0) is 14.0. The van der Waals surface area contributed by atoms with Gasteiger partial charge in [-0.15, -0.1) is 0 Å². The Kier molecular flexibility index (Phi) is 9.70. The summed E-state index contributed by atoms with van der Waals surface area (Å²) in [6, 6.07) is 0. The average Bonchev–Trinajstić information content (AvgIpc) is 2.18. The fourth-order valence-corrected chi connectivity index (χ4v) is 2.09. The second-order valence-electron chi connectivity index (χ2n) is 6.45. The second-order valence-corrected chi connectivity index (χ2v) is 6.45. The largest absolute Gasteiger partial charge is 0.381 e. The first-order chi connectivity index (χ1) is 8.31. The molecule has 18 heavy (non-hydrogen) atoms. The normalized spacial score (nSPS) is 15.7. The van der Waals surface area contributed by atoms with Crippen molar-refractivity contribution in [2.24, 2.45) is 11.3 Å². The Morgan fingerprint density at radius 3 is 2.17 bits per heavy atom. The molecule has 0 aromatic heterocycles. The molecule has 0 aliphatic rings. The number of ether oxygens (including phenoxy) is 2. The first-order valence-corrected chi connectivity index (χ1v) is 7.18. The molecule has 0 aromatic rings. The van der Waals surface area contributed by atoms with Crippen LogP contribution in [0.4, 0.5) is 0 Å². The second kappa shape index (κ2) is 9.76. The monoisotopic (exact) mass is 260 g/mol. The number of aliphatic hydroxyl groups is 1. The van der Waals surface area contributed by atoms with Crippen LogP contribution in [0.2, 0.25) is 0 Å². The third-order valence-electron chi connectivity index (χ3n) is 2.76. The summed E-state index contributed by atoms with van der Waals surface area (Å²) in [6.07, 6.45) is 3.69. The first kappa shape index (κ1) is 17.9. The van der Waals surface area contributed by atoms with Gasteiger partial charge in [0.05, 0.1) is 0 Å². The smallest absolute Gasteiger partial charge is 0.151 e. The Hall–Kier alpha value is -0.120. The van der Waals surface area contributed by atoms with E-state index in [-0.39, 0.29) is 0 Å². The minimum absolute atomic E-state index is 0.414. The lowest BCUT2D eigenvalue weighted by atomic mass is 9.84. The van der Waals surface area contributed by atoms with Gasteiger partial charge in [0.1, 0.15) is 0 Å². The van der Waals surface area contributed by atoms with E-state index in [0.29, 0.717) is 12.0 Å². The molecular weight excluding hydrogens is 228 g/mol. The molecule has 0 amide bonds. The van der Waals surface area contributed by atoms with Gasteiger partial charge < -0.3 is 14.6 Å². The van der Waals surface area contributed by atoms with Crippen molar-refractivity contribution in [3.63, 3.8) is 0 Å². The van der Waals surface area contributed by atoms with Crippen molar-refractivity contribution in [3.05, 3.63) is 0 Å². The van der Waals surface area contributed by atoms with Crippen LogP contribution >= 0.6 is 0 Å². The maximum atomic E-state index is 8.89. The Balaban J connectivity index is 3.25. The summed E-state index contributed by atoms with van der Waals surface area (Å²) in [5.74, 6) is 0.726. The van der Waals surface area contributed by atoms with Gasteiger partial charge in [-0.2, -0.15) is 0 Å². The van der Waals surface area contributed by atoms with Crippen molar-refractivity contribution >= 4 is 0 Å². The molecule has 0 aliphatic carbocycles. The highest BCUT2D eigenvalue weighted by Gasteiger charge is 2.14. The highest BCUT2D eigenvalue weighted by Crippen LogP contribution is 2.25. The molecule has 3 heteroatoms. The van der Waals surface area contributed by atoms with Gasteiger partial charge in [-0.25, -0.2) is 0 Å². The van der Waals surface area contributed by atoms with Crippen molar-refractivity contribution < 1.29 is 14.6 Å². The predicted molar refractivity (Wildman–Crippen MR) is 75.5 cm³/mol. The predicted octanol–water partition coefficient (Wildman–Crippen LogP) is 3.60. The van der Waals surface area contributed by atoms with Crippen molar-refractivity contribution in [3.8, 4) is 0 Å². The molecule has 0 saturated heterocycles. The molecule has 0 rings (SSSR count). The molecule has 0 bridgehead atoms. The van der Waals surface area contributed by atoms with Crippen LogP contribution in [0.25, 0.3) is 0 Å². The number of aliphatic hydroxyl groups excluding tert-OH is 1. The summed E-state index contributed by atoms with van der Waals surface area (Å²) in [5, 5.41) is 8.89. The van der Waals surface area contributed by atoms with Crippen LogP contribution in [-0.4, -0.2) is 31.2 Å². The molecule has 0 saturated carbocycles. The molecule has 0 heterocycles. The Labute approximate surface area is 113 Å². The molecule has 0 radical (unpaired) electrons. The molecule has 3 nitrogen and oxygen atoms in total. The third kappa shape index (κ3) is 13.9. The van der Waals surface area contributed by atoms with Crippen LogP contribution in [0.15, 0.2) is 0 Å². The van der Waals surface area contributed by atoms with Gasteiger partial charge in [-0.1, -0.05) is 27.7 Å². The minimum Gasteiger partial charge on any atom is -0.381 e. The molecule has 1 N–H and O–H groups in total. The molecule has 0 fully saturated rings. The first-order valence-electron chi connectivity index (χ1n) is 7.18. The average molecular weight is 260 g/mol. The van der Waals surface area contributed by atoms with E-state index in [1.807, 2.05) is 0 Å². The molecular formula is C15H32O3. The van der Waals surface area contributed by atoms with Crippen molar-refractivity contribution in [2.75, 3.05) is 19.8 Å². The van der Waals surface area contributed by atoms with Gasteiger partial charge in [-0.05, 0) is 43.9 Å². The van der Waals surface area contributed by atoms with Gasteiger partial charge in [0.25, 0.3) is 0 Å². The third-order valence-corrected chi connectivity index (χ3v) is 2.76. The lowest BCUT2D eigenvalue weighted by molar-refractivity contribution is -0.0867. The molecule has 0 spiro atoms. The van der Waals surface area contributed by atoms with Crippen LogP contribution in [0.1, 0.15) is 60.3 Å². The van der Waals surface area contributed by atoms with E-state index in [0.717, 1.165) is 38.4 Å². The highest BCUT2D eigenvalue weighted by molar-refractivity contribution is 4.66. The molecule has 0 aliphatic heterocycles. The quantitative estimate of drug-likeness (QED) is 0.482. The summed E-state index contributed by atoms with van der Waals surface area (Å²) >= 11 is 0. The summed E-state index contributed by atoms with van der Waals surface area (Å²) in [5.41, 5.74) is 0.414. The number of hydrogen-bond acceptors (Lipinski definition) is 3. The summed E-state index contributed by atoms with van der Waals surface area (Å²) in [7, 11) is 0. The standard InChI is InChI=1S/C15H32O3/c1-13(12-15(3,4)5)8-11-17-9-6-7-10-18-14(2)16/h13-14,16H,6-12H2,1-5H3. The van der Waals surface area contributed by atoms with Gasteiger partial charge in [-0.3, -0.25) is 0 Å². The van der Waals surface area contributed by atoms with Crippen LogP contribution in [0, 0.1) is 11.3 Å². The van der Waals surface area contributed by atoms with E-state index in [1.54, 1.807) is 6.92 Å². The van der Waals surface area contributed by atoms with Crippen molar-refractivity contribution in [2.45, 2.75) is 66.6 Å². The fourth-order valence-electron chi connectivity index (χ4n) is 2.09. The van der Waals surface area contributed by atoms with Crippen LogP contribution in [0.5, 0.6) is 0 Å². The zero-order valence-electron chi connectivity index (χ0n) is 12.9. The van der Waals surface area contributed by atoms with E-state index in [2.05, 4.69) is 27.7 Å². The molecule has 0 aromatic carbocycles. The van der Waals surface area contributed by atoms with Gasteiger partial charge in [0, 0.05) is 19.8 Å². The lowest BCUT2D eigenvalue weighted by Crippen LogP contribution is -2.13. The maximum Gasteiger partial charge on any atom is 0.151 e. The maximum absolute atomic E-state index is 8.89. The van der Waals surface area contributed by atoms with Crippen LogP contribution in [0.3, 0.4) is 0 Å². The van der Waals surface area contributed by atoms with Crippen molar-refractivity contribution in [1.82, 2.24) is 0 Å². The summed E-state index contributed by atoms with van der Waals surface area (Å²) in [4.78, 5) is 0. The molecule has 2 atom stereocenters. The summed E-state index contributed by atoms with van der Waals surface area (Å²) < 4.78 is 10.6. The zero-order valence-corrected chi connectivity index (χ0v) is 12.9. The van der Waals surface area contributed by atoms with Gasteiger partial charge >= 0.3 is 0 Å². The number of unbranched alkanes of at least 4 members (excludes halogenated alkanes) is 1. The topological polar surface area (TPSA) is 38.7 Å². The van der Waals surface area contributed by atoms with Crippen LogP contribution in [-0.2, 0) is 9.47 Å². The highest BCUT2D eigenvalue weighted by atomic mass is 16.6. The Bertz CT molecular complexity index is 185. The number of hydrogen-bond donors (Lipinski definition) is 1. The number of rotatable bonds is 10. The van der Waals surface area contributed by atoms with E-state index in [1.165, 1.54) is 6.42 Å². The van der Waals surface area contributed by atoms with Gasteiger partial charge in [0.2, 0.25) is 0 Å². The molecule has 2 unspecified atom stereocenters. The van der Waals surface area contributed by atoms with E-state index in [4.69, 9.17) is 14.6 Å². The Morgan fingerprint density at radius 2 is 1.61 bits per heavy atom. The van der Waals surface area contributed by atoms with Crippen molar-refractivity contribution in [1.29, 1.82) is 0 Å². The van der Waals surface area contributed by atoms with E-state index < -0.39 is 6.29 Å². The van der Waals surface area contributed by atoms with E-state index >= 15 is 0 Å². The van der Waals surface area contributed by atoms with E-state index in [9.17, 15) is 0 Å².